The van der Waals surface area contributed by atoms with Gasteiger partial charge in [0.05, 0.1) is 10.2 Å². The third-order valence-corrected chi connectivity index (χ3v) is 4.52. The maximum atomic E-state index is 5.88. The predicted octanol–water partition coefficient (Wildman–Crippen LogP) is 2.86. The van der Waals surface area contributed by atoms with Crippen LogP contribution < -0.4 is 16.4 Å². The van der Waals surface area contributed by atoms with Gasteiger partial charge in [-0.25, -0.2) is 4.98 Å². The molecule has 0 aliphatic rings. The van der Waals surface area contributed by atoms with Crippen molar-refractivity contribution in [1.29, 1.82) is 0 Å². The fourth-order valence-electron chi connectivity index (χ4n) is 2.31. The number of rotatable bonds is 7. The van der Waals surface area contributed by atoms with E-state index in [1.165, 1.54) is 10.3 Å². The van der Waals surface area contributed by atoms with Gasteiger partial charge in [-0.15, -0.1) is 0 Å². The average Bonchev–Trinajstić information content (AvgIpc) is 3.02. The fourth-order valence-corrected chi connectivity index (χ4v) is 3.21. The van der Waals surface area contributed by atoms with Crippen LogP contribution in [0.5, 0.6) is 0 Å². The van der Waals surface area contributed by atoms with Gasteiger partial charge in [0.2, 0.25) is 0 Å². The second-order valence-electron chi connectivity index (χ2n) is 5.34. The van der Waals surface area contributed by atoms with E-state index in [2.05, 4.69) is 38.8 Å². The quantitative estimate of drug-likeness (QED) is 0.351. The fraction of sp³-hybridized carbons (Fsp3) is 0.222. The van der Waals surface area contributed by atoms with Crippen molar-refractivity contribution in [1.82, 2.24) is 10.3 Å². The van der Waals surface area contributed by atoms with Crippen molar-refractivity contribution in [3.63, 3.8) is 0 Å². The molecule has 0 aliphatic heterocycles. The van der Waals surface area contributed by atoms with Crippen LogP contribution in [0.1, 0.15) is 5.56 Å². The summed E-state index contributed by atoms with van der Waals surface area (Å²) in [4.78, 5) is 8.87. The van der Waals surface area contributed by atoms with Crippen LogP contribution in [-0.4, -0.2) is 30.6 Å². The van der Waals surface area contributed by atoms with Crippen LogP contribution in [-0.2, 0) is 6.42 Å². The predicted molar refractivity (Wildman–Crippen MR) is 103 cm³/mol. The molecule has 0 unspecified atom stereocenters. The summed E-state index contributed by atoms with van der Waals surface area (Å²) in [6.07, 6.45) is 0.896. The van der Waals surface area contributed by atoms with E-state index in [4.69, 9.17) is 5.73 Å². The second-order valence-corrected chi connectivity index (χ2v) is 6.37. The number of aromatic nitrogens is 1. The first kappa shape index (κ1) is 16.3. The van der Waals surface area contributed by atoms with Crippen molar-refractivity contribution in [2.24, 2.45) is 10.7 Å². The summed E-state index contributed by atoms with van der Waals surface area (Å²) in [7, 11) is 0. The molecule has 0 amide bonds. The standard InChI is InChI=1S/C18H21N5S/c19-17(20-11-10-14-6-2-1-3-7-14)21-12-13-22-18-23-15-8-4-5-9-16(15)24-18/h1-9H,10-13H2,(H,22,23)(H3,19,20,21). The van der Waals surface area contributed by atoms with Crippen LogP contribution in [0.2, 0.25) is 0 Å². The number of hydrogen-bond acceptors (Lipinski definition) is 4. The Morgan fingerprint density at radius 1 is 1.04 bits per heavy atom. The normalized spacial score (nSPS) is 11.6. The molecule has 1 heterocycles. The van der Waals surface area contributed by atoms with E-state index < -0.39 is 0 Å². The Morgan fingerprint density at radius 2 is 1.83 bits per heavy atom. The molecule has 0 aliphatic carbocycles. The Balaban J connectivity index is 1.37. The number of guanidine groups is 1. The van der Waals surface area contributed by atoms with Crippen molar-refractivity contribution < 1.29 is 0 Å². The zero-order valence-electron chi connectivity index (χ0n) is 13.4. The number of benzene rings is 2. The molecule has 24 heavy (non-hydrogen) atoms. The Bertz CT molecular complexity index is 764. The Morgan fingerprint density at radius 3 is 2.67 bits per heavy atom. The molecule has 0 fully saturated rings. The van der Waals surface area contributed by atoms with Crippen molar-refractivity contribution in [2.75, 3.05) is 25.0 Å². The minimum atomic E-state index is 0.483. The molecule has 0 saturated heterocycles. The summed E-state index contributed by atoms with van der Waals surface area (Å²) in [6.45, 7) is 2.14. The van der Waals surface area contributed by atoms with Gasteiger partial charge in [0.25, 0.3) is 0 Å². The van der Waals surface area contributed by atoms with E-state index in [-0.39, 0.29) is 0 Å². The van der Waals surface area contributed by atoms with Crippen LogP contribution in [0.25, 0.3) is 10.2 Å². The number of nitrogens with zero attached hydrogens (tertiary/aromatic N) is 2. The molecule has 4 N–H and O–H groups in total. The van der Waals surface area contributed by atoms with E-state index in [0.29, 0.717) is 19.0 Å². The first-order valence-corrected chi connectivity index (χ1v) is 8.80. The van der Waals surface area contributed by atoms with Gasteiger partial charge in [0.1, 0.15) is 0 Å². The van der Waals surface area contributed by atoms with Crippen LogP contribution in [0.4, 0.5) is 5.13 Å². The molecule has 124 valence electrons. The zero-order chi connectivity index (χ0) is 16.6. The first-order chi connectivity index (χ1) is 11.8. The molecule has 5 nitrogen and oxygen atoms in total. The van der Waals surface area contributed by atoms with Gasteiger partial charge in [-0.3, -0.25) is 4.99 Å². The number of aliphatic imine (C=N–C) groups is 1. The summed E-state index contributed by atoms with van der Waals surface area (Å²) in [5.41, 5.74) is 8.17. The lowest BCUT2D eigenvalue weighted by Gasteiger charge is -2.06. The molecule has 0 radical (unpaired) electrons. The van der Waals surface area contributed by atoms with Crippen LogP contribution >= 0.6 is 11.3 Å². The van der Waals surface area contributed by atoms with E-state index in [1.54, 1.807) is 11.3 Å². The number of nitrogens with two attached hydrogens (primary N) is 1. The molecule has 3 rings (SSSR count). The molecule has 0 spiro atoms. The topological polar surface area (TPSA) is 75.3 Å². The monoisotopic (exact) mass is 339 g/mol. The van der Waals surface area contributed by atoms with E-state index in [9.17, 15) is 0 Å². The van der Waals surface area contributed by atoms with Crippen molar-refractivity contribution >= 4 is 32.6 Å². The van der Waals surface area contributed by atoms with Crippen molar-refractivity contribution in [3.8, 4) is 0 Å². The molecule has 6 heteroatoms. The highest BCUT2D eigenvalue weighted by Crippen LogP contribution is 2.24. The lowest BCUT2D eigenvalue weighted by molar-refractivity contribution is 0.873. The van der Waals surface area contributed by atoms with E-state index >= 15 is 0 Å². The zero-order valence-corrected chi connectivity index (χ0v) is 14.2. The molecule has 3 aromatic rings. The average molecular weight is 339 g/mol. The van der Waals surface area contributed by atoms with Crippen LogP contribution in [0.3, 0.4) is 0 Å². The van der Waals surface area contributed by atoms with Gasteiger partial charge >= 0.3 is 0 Å². The summed E-state index contributed by atoms with van der Waals surface area (Å²) < 4.78 is 1.19. The number of fused-ring (bicyclic) bond motifs is 1. The van der Waals surface area contributed by atoms with Gasteiger partial charge < -0.3 is 16.4 Å². The highest BCUT2D eigenvalue weighted by atomic mass is 32.1. The molecular formula is C18H21N5S. The van der Waals surface area contributed by atoms with E-state index in [0.717, 1.165) is 23.6 Å². The number of nitrogens with one attached hydrogen (secondary N) is 2. The summed E-state index contributed by atoms with van der Waals surface area (Å²) in [5, 5.41) is 7.35. The Hall–Kier alpha value is -2.60. The molecule has 1 aromatic heterocycles. The summed E-state index contributed by atoms with van der Waals surface area (Å²) in [5.74, 6) is 0.483. The van der Waals surface area contributed by atoms with Crippen molar-refractivity contribution in [3.05, 3.63) is 60.2 Å². The SMILES string of the molecule is NC(=NCCc1ccccc1)NCCNc1nc2ccccc2s1. The smallest absolute Gasteiger partial charge is 0.188 e. The third kappa shape index (κ3) is 4.70. The van der Waals surface area contributed by atoms with Crippen LogP contribution in [0, 0.1) is 0 Å². The molecule has 2 aromatic carbocycles. The summed E-state index contributed by atoms with van der Waals surface area (Å²) in [6, 6.07) is 18.4. The lowest BCUT2D eigenvalue weighted by Crippen LogP contribution is -2.35. The molecule has 0 saturated carbocycles. The molecule has 0 atom stereocenters. The first-order valence-electron chi connectivity index (χ1n) is 7.98. The molecular weight excluding hydrogens is 318 g/mol. The Kier molecular flexibility index (Phi) is 5.63. The van der Waals surface area contributed by atoms with Gasteiger partial charge in [-0.2, -0.15) is 0 Å². The number of para-hydroxylation sites is 1. The number of anilines is 1. The minimum Gasteiger partial charge on any atom is -0.370 e. The van der Waals surface area contributed by atoms with Crippen molar-refractivity contribution in [2.45, 2.75) is 6.42 Å². The maximum absolute atomic E-state index is 5.88. The number of thiazole rings is 1. The highest BCUT2D eigenvalue weighted by molar-refractivity contribution is 7.22. The second kappa shape index (κ2) is 8.31. The molecule has 0 bridgehead atoms. The third-order valence-electron chi connectivity index (χ3n) is 3.53. The number of hydrogen-bond donors (Lipinski definition) is 3. The van der Waals surface area contributed by atoms with Gasteiger partial charge in [0.15, 0.2) is 11.1 Å². The lowest BCUT2D eigenvalue weighted by atomic mass is 10.2. The van der Waals surface area contributed by atoms with Gasteiger partial charge in [-0.05, 0) is 24.1 Å². The Labute approximate surface area is 145 Å². The van der Waals surface area contributed by atoms with Crippen LogP contribution in [0.15, 0.2) is 59.6 Å². The van der Waals surface area contributed by atoms with Gasteiger partial charge in [-0.1, -0.05) is 53.8 Å². The highest BCUT2D eigenvalue weighted by Gasteiger charge is 2.01. The van der Waals surface area contributed by atoms with Gasteiger partial charge in [0, 0.05) is 19.6 Å². The minimum absolute atomic E-state index is 0.483. The summed E-state index contributed by atoms with van der Waals surface area (Å²) >= 11 is 1.66. The van der Waals surface area contributed by atoms with E-state index in [1.807, 2.05) is 36.4 Å². The largest absolute Gasteiger partial charge is 0.370 e. The maximum Gasteiger partial charge on any atom is 0.188 e.